The van der Waals surface area contributed by atoms with Crippen molar-refractivity contribution < 1.29 is 0 Å². The Morgan fingerprint density at radius 3 is 2.45 bits per heavy atom. The molecule has 0 nitrogen and oxygen atoms in total. The fraction of sp³-hybridized carbons (Fsp3) is 1.00. The van der Waals surface area contributed by atoms with E-state index in [1.54, 1.807) is 0 Å². The highest BCUT2D eigenvalue weighted by molar-refractivity contribution is 7.80. The first-order valence-electron chi connectivity index (χ1n) is 4.77. The van der Waals surface area contributed by atoms with Crippen LogP contribution in [-0.2, 0) is 0 Å². The van der Waals surface area contributed by atoms with Crippen molar-refractivity contribution in [2.75, 3.05) is 5.75 Å². The monoisotopic (exact) mass is 170 g/mol. The Kier molecular flexibility index (Phi) is 1.75. The summed E-state index contributed by atoms with van der Waals surface area (Å²) in [5.41, 5.74) is 0.658. The molecule has 3 aliphatic carbocycles. The van der Waals surface area contributed by atoms with Crippen molar-refractivity contribution in [3.8, 4) is 0 Å². The van der Waals surface area contributed by atoms with Gasteiger partial charge in [0, 0.05) is 0 Å². The van der Waals surface area contributed by atoms with Crippen LogP contribution in [0, 0.1) is 23.2 Å². The molecule has 3 rings (SSSR count). The lowest BCUT2D eigenvalue weighted by Crippen LogP contribution is -2.52. The Morgan fingerprint density at radius 1 is 1.36 bits per heavy atom. The maximum Gasteiger partial charge on any atom is -0.00666 e. The van der Waals surface area contributed by atoms with Crippen LogP contribution < -0.4 is 0 Å². The van der Waals surface area contributed by atoms with Crippen LogP contribution in [0.25, 0.3) is 0 Å². The van der Waals surface area contributed by atoms with E-state index in [1.165, 1.54) is 19.3 Å². The van der Waals surface area contributed by atoms with Crippen LogP contribution in [0.2, 0.25) is 0 Å². The first-order valence-corrected chi connectivity index (χ1v) is 5.40. The highest BCUT2D eigenvalue weighted by atomic mass is 32.1. The third kappa shape index (κ3) is 0.965. The smallest absolute Gasteiger partial charge is 0.00666 e. The van der Waals surface area contributed by atoms with Crippen molar-refractivity contribution in [2.24, 2.45) is 23.2 Å². The highest BCUT2D eigenvalue weighted by Gasteiger charge is 2.53. The second-order valence-electron chi connectivity index (χ2n) is 4.88. The zero-order valence-electron chi connectivity index (χ0n) is 7.51. The number of hydrogen-bond donors (Lipinski definition) is 1. The SMILES string of the molecule is CC1(C)C2CCC(CS)C1C2. The molecule has 0 saturated heterocycles. The topological polar surface area (TPSA) is 0 Å². The van der Waals surface area contributed by atoms with Gasteiger partial charge in [-0.25, -0.2) is 0 Å². The normalized spacial score (nSPS) is 46.6. The average Bonchev–Trinajstić information content (AvgIpc) is 2.04. The van der Waals surface area contributed by atoms with Crippen LogP contribution in [0.1, 0.15) is 33.1 Å². The van der Waals surface area contributed by atoms with Crippen LogP contribution in [0.5, 0.6) is 0 Å². The Morgan fingerprint density at radius 2 is 2.09 bits per heavy atom. The summed E-state index contributed by atoms with van der Waals surface area (Å²) in [6, 6.07) is 0. The van der Waals surface area contributed by atoms with Gasteiger partial charge in [0.1, 0.15) is 0 Å². The molecule has 2 bridgehead atoms. The first kappa shape index (κ1) is 7.97. The van der Waals surface area contributed by atoms with Crippen LogP contribution in [0.3, 0.4) is 0 Å². The highest BCUT2D eigenvalue weighted by Crippen LogP contribution is 2.61. The second kappa shape index (κ2) is 2.42. The Labute approximate surface area is 75.2 Å². The standard InChI is InChI=1S/C10H18S/c1-10(2)8-4-3-7(6-11)9(10)5-8/h7-9,11H,3-6H2,1-2H3. The molecule has 0 aliphatic heterocycles. The Balaban J connectivity index is 2.10. The van der Waals surface area contributed by atoms with E-state index in [0.717, 1.165) is 23.5 Å². The molecule has 0 heterocycles. The van der Waals surface area contributed by atoms with Gasteiger partial charge in [-0.05, 0) is 48.2 Å². The summed E-state index contributed by atoms with van der Waals surface area (Å²) < 4.78 is 0. The van der Waals surface area contributed by atoms with E-state index in [2.05, 4.69) is 26.5 Å². The van der Waals surface area contributed by atoms with Gasteiger partial charge < -0.3 is 0 Å². The molecule has 0 amide bonds. The number of hydrogen-bond acceptors (Lipinski definition) is 1. The molecule has 0 N–H and O–H groups in total. The molecule has 3 aliphatic rings. The summed E-state index contributed by atoms with van der Waals surface area (Å²) in [4.78, 5) is 0. The fourth-order valence-electron chi connectivity index (χ4n) is 3.18. The molecule has 0 aromatic carbocycles. The van der Waals surface area contributed by atoms with E-state index in [9.17, 15) is 0 Å². The number of fused-ring (bicyclic) bond motifs is 2. The molecule has 1 heteroatoms. The van der Waals surface area contributed by atoms with Crippen molar-refractivity contribution in [2.45, 2.75) is 33.1 Å². The van der Waals surface area contributed by atoms with E-state index < -0.39 is 0 Å². The lowest BCUT2D eigenvalue weighted by Gasteiger charge is -2.60. The second-order valence-corrected chi connectivity index (χ2v) is 5.25. The van der Waals surface area contributed by atoms with E-state index >= 15 is 0 Å². The van der Waals surface area contributed by atoms with E-state index in [-0.39, 0.29) is 0 Å². The molecule has 0 radical (unpaired) electrons. The van der Waals surface area contributed by atoms with Crippen molar-refractivity contribution in [1.82, 2.24) is 0 Å². The van der Waals surface area contributed by atoms with Crippen LogP contribution in [0.15, 0.2) is 0 Å². The summed E-state index contributed by atoms with van der Waals surface area (Å²) in [5.74, 6) is 4.08. The Bertz CT molecular complexity index is 160. The summed E-state index contributed by atoms with van der Waals surface area (Å²) in [5, 5.41) is 0. The van der Waals surface area contributed by atoms with Gasteiger partial charge in [-0.3, -0.25) is 0 Å². The largest absolute Gasteiger partial charge is 0.179 e. The third-order valence-corrected chi connectivity index (χ3v) is 4.70. The molecule has 3 fully saturated rings. The van der Waals surface area contributed by atoms with Crippen molar-refractivity contribution in [3.63, 3.8) is 0 Å². The summed E-state index contributed by atoms with van der Waals surface area (Å²) in [6.45, 7) is 4.89. The summed E-state index contributed by atoms with van der Waals surface area (Å²) >= 11 is 4.43. The van der Waals surface area contributed by atoms with Crippen LogP contribution in [-0.4, -0.2) is 5.75 Å². The summed E-state index contributed by atoms with van der Waals surface area (Å²) in [6.07, 6.45) is 4.41. The predicted octanol–water partition coefficient (Wildman–Crippen LogP) is 2.99. The molecule has 0 aromatic heterocycles. The van der Waals surface area contributed by atoms with Gasteiger partial charge in [0.25, 0.3) is 0 Å². The van der Waals surface area contributed by atoms with Gasteiger partial charge in [-0.1, -0.05) is 13.8 Å². The molecule has 64 valence electrons. The van der Waals surface area contributed by atoms with E-state index in [0.29, 0.717) is 5.41 Å². The Hall–Kier alpha value is 0.350. The molecule has 11 heavy (non-hydrogen) atoms. The van der Waals surface area contributed by atoms with Gasteiger partial charge in [0.2, 0.25) is 0 Å². The molecular weight excluding hydrogens is 152 g/mol. The quantitative estimate of drug-likeness (QED) is 0.575. The molecular formula is C10H18S. The number of thiol groups is 1. The molecule has 3 unspecified atom stereocenters. The fourth-order valence-corrected chi connectivity index (χ4v) is 3.62. The molecule has 0 spiro atoms. The minimum absolute atomic E-state index is 0.658. The minimum Gasteiger partial charge on any atom is -0.179 e. The van der Waals surface area contributed by atoms with Crippen molar-refractivity contribution >= 4 is 12.6 Å². The predicted molar refractivity (Wildman–Crippen MR) is 52.0 cm³/mol. The molecule has 3 atom stereocenters. The molecule has 0 aromatic rings. The number of rotatable bonds is 1. The summed E-state index contributed by atoms with van der Waals surface area (Å²) in [7, 11) is 0. The molecule has 3 saturated carbocycles. The first-order chi connectivity index (χ1) is 5.16. The lowest BCUT2D eigenvalue weighted by molar-refractivity contribution is -0.0972. The van der Waals surface area contributed by atoms with Crippen LogP contribution >= 0.6 is 12.6 Å². The average molecular weight is 170 g/mol. The van der Waals surface area contributed by atoms with Gasteiger partial charge >= 0.3 is 0 Å². The van der Waals surface area contributed by atoms with Crippen molar-refractivity contribution in [1.29, 1.82) is 0 Å². The third-order valence-electron chi connectivity index (χ3n) is 4.24. The zero-order chi connectivity index (χ0) is 8.06. The van der Waals surface area contributed by atoms with Gasteiger partial charge in [-0.2, -0.15) is 12.6 Å². The van der Waals surface area contributed by atoms with Gasteiger partial charge in [0.15, 0.2) is 0 Å². The van der Waals surface area contributed by atoms with Gasteiger partial charge in [-0.15, -0.1) is 0 Å². The maximum absolute atomic E-state index is 4.43. The lowest BCUT2D eigenvalue weighted by atomic mass is 9.46. The minimum atomic E-state index is 0.658. The zero-order valence-corrected chi connectivity index (χ0v) is 8.40. The van der Waals surface area contributed by atoms with Gasteiger partial charge in [0.05, 0.1) is 0 Å². The van der Waals surface area contributed by atoms with E-state index in [1.807, 2.05) is 0 Å². The van der Waals surface area contributed by atoms with Crippen LogP contribution in [0.4, 0.5) is 0 Å². The maximum atomic E-state index is 4.43. The van der Waals surface area contributed by atoms with E-state index in [4.69, 9.17) is 0 Å². The van der Waals surface area contributed by atoms with Crippen molar-refractivity contribution in [3.05, 3.63) is 0 Å².